The van der Waals surface area contributed by atoms with Crippen LogP contribution < -0.4 is 5.73 Å². The quantitative estimate of drug-likeness (QED) is 0.910. The number of hydrogen-bond acceptors (Lipinski definition) is 4. The molecule has 4 atom stereocenters. The van der Waals surface area contributed by atoms with Gasteiger partial charge in [-0.3, -0.25) is 0 Å². The second-order valence-electron chi connectivity index (χ2n) is 7.04. The molecule has 2 aromatic rings. The third-order valence-electron chi connectivity index (χ3n) is 5.45. The van der Waals surface area contributed by atoms with Gasteiger partial charge >= 0.3 is 0 Å². The van der Waals surface area contributed by atoms with E-state index < -0.39 is 0 Å². The van der Waals surface area contributed by atoms with E-state index in [2.05, 4.69) is 76.1 Å². The summed E-state index contributed by atoms with van der Waals surface area (Å²) in [5, 5.41) is 15.4. The Morgan fingerprint density at radius 2 is 2.12 bits per heavy atom. The van der Waals surface area contributed by atoms with E-state index in [9.17, 15) is 0 Å². The molecule has 0 saturated heterocycles. The van der Waals surface area contributed by atoms with Crippen LogP contribution in [0, 0.1) is 11.8 Å². The fourth-order valence-electron chi connectivity index (χ4n) is 4.60. The zero-order chi connectivity index (χ0) is 16.6. The van der Waals surface area contributed by atoms with Gasteiger partial charge in [0.1, 0.15) is 0 Å². The number of nitrogens with two attached hydrogens (primary N) is 1. The minimum atomic E-state index is -0.347. The second kappa shape index (κ2) is 5.98. The van der Waals surface area contributed by atoms with Gasteiger partial charge in [0.15, 0.2) is 5.82 Å². The molecule has 0 spiro atoms. The molecule has 2 aliphatic rings. The maximum atomic E-state index is 6.32. The van der Waals surface area contributed by atoms with Crippen molar-refractivity contribution in [1.82, 2.24) is 20.6 Å². The third kappa shape index (κ3) is 2.31. The number of hydrogen-bond donors (Lipinski definition) is 2. The number of aryl methyl sites for hydroxylation is 1. The van der Waals surface area contributed by atoms with Crippen LogP contribution in [0.1, 0.15) is 36.7 Å². The maximum absolute atomic E-state index is 6.32. The maximum Gasteiger partial charge on any atom is 0.185 e. The number of nitrogens with one attached hydrogen (secondary N) is 1. The highest BCUT2D eigenvalue weighted by molar-refractivity contribution is 5.44. The monoisotopic (exact) mass is 321 g/mol. The Hall–Kier alpha value is -2.27. The Kier molecular flexibility index (Phi) is 3.81. The highest BCUT2D eigenvalue weighted by Gasteiger charge is 2.50. The van der Waals surface area contributed by atoms with Crippen LogP contribution in [0.3, 0.4) is 0 Å². The van der Waals surface area contributed by atoms with E-state index in [4.69, 9.17) is 5.73 Å². The van der Waals surface area contributed by atoms with Crippen molar-refractivity contribution >= 4 is 0 Å². The number of allylic oxidation sites excluding steroid dienone is 4. The van der Waals surface area contributed by atoms with Crippen molar-refractivity contribution in [2.24, 2.45) is 17.6 Å². The van der Waals surface area contributed by atoms with Gasteiger partial charge in [-0.1, -0.05) is 53.8 Å². The molecule has 1 heterocycles. The standard InChI is InChI=1S/C19H23N5/c1-13(20)12-19(18-21-23-24-22-18)16-8-4-2-6-14(16)10-11-15-7-3-5-9-17(15)19/h2-9,13-14,16H,10-12,20H2,1H3,(H,21,22,23,24)/t13-,14?,16?,19?/m0/s1. The molecule has 4 rings (SSSR count). The number of fused-ring (bicyclic) bond motifs is 2. The van der Waals surface area contributed by atoms with Crippen molar-refractivity contribution in [2.45, 2.75) is 37.6 Å². The zero-order valence-electron chi connectivity index (χ0n) is 13.9. The molecule has 3 N–H and O–H groups in total. The summed E-state index contributed by atoms with van der Waals surface area (Å²) in [4.78, 5) is 0. The van der Waals surface area contributed by atoms with Crippen LogP contribution in [-0.4, -0.2) is 26.7 Å². The summed E-state index contributed by atoms with van der Waals surface area (Å²) < 4.78 is 0. The van der Waals surface area contributed by atoms with Crippen molar-refractivity contribution in [1.29, 1.82) is 0 Å². The van der Waals surface area contributed by atoms with Crippen molar-refractivity contribution in [3.63, 3.8) is 0 Å². The molecule has 1 aromatic heterocycles. The zero-order valence-corrected chi connectivity index (χ0v) is 13.9. The van der Waals surface area contributed by atoms with Crippen molar-refractivity contribution in [3.05, 3.63) is 65.5 Å². The predicted molar refractivity (Wildman–Crippen MR) is 93.2 cm³/mol. The van der Waals surface area contributed by atoms with E-state index in [-0.39, 0.29) is 17.4 Å². The Balaban J connectivity index is 2.00. The van der Waals surface area contributed by atoms with E-state index in [1.165, 1.54) is 11.1 Å². The van der Waals surface area contributed by atoms with Gasteiger partial charge < -0.3 is 5.73 Å². The van der Waals surface area contributed by atoms with Crippen LogP contribution in [0.5, 0.6) is 0 Å². The van der Waals surface area contributed by atoms with Crippen molar-refractivity contribution in [3.8, 4) is 0 Å². The van der Waals surface area contributed by atoms with E-state index in [1.54, 1.807) is 0 Å². The number of nitrogens with zero attached hydrogens (tertiary/aromatic N) is 3. The Morgan fingerprint density at radius 1 is 1.29 bits per heavy atom. The summed E-state index contributed by atoms with van der Waals surface area (Å²) >= 11 is 0. The summed E-state index contributed by atoms with van der Waals surface area (Å²) in [7, 11) is 0. The summed E-state index contributed by atoms with van der Waals surface area (Å²) in [5.41, 5.74) is 8.65. The lowest BCUT2D eigenvalue weighted by atomic mass is 9.61. The van der Waals surface area contributed by atoms with Crippen LogP contribution in [0.25, 0.3) is 0 Å². The smallest absolute Gasteiger partial charge is 0.185 e. The first kappa shape index (κ1) is 15.3. The number of H-pyrrole nitrogens is 1. The van der Waals surface area contributed by atoms with Gasteiger partial charge in [-0.15, -0.1) is 10.2 Å². The largest absolute Gasteiger partial charge is 0.328 e. The molecule has 5 heteroatoms. The first-order valence-corrected chi connectivity index (χ1v) is 8.64. The Labute approximate surface area is 142 Å². The van der Waals surface area contributed by atoms with Gasteiger partial charge in [0.2, 0.25) is 0 Å². The Bertz CT molecular complexity index is 762. The van der Waals surface area contributed by atoms with E-state index >= 15 is 0 Å². The molecule has 0 radical (unpaired) electrons. The summed E-state index contributed by atoms with van der Waals surface area (Å²) in [6.07, 6.45) is 11.9. The number of tetrazole rings is 1. The number of benzene rings is 1. The lowest BCUT2D eigenvalue weighted by Crippen LogP contribution is -2.44. The van der Waals surface area contributed by atoms with Crippen LogP contribution in [0.4, 0.5) is 0 Å². The van der Waals surface area contributed by atoms with Crippen LogP contribution in [-0.2, 0) is 11.8 Å². The minimum absolute atomic E-state index is 0.0367. The number of aromatic nitrogens is 4. The van der Waals surface area contributed by atoms with E-state index in [0.29, 0.717) is 5.92 Å². The van der Waals surface area contributed by atoms with Crippen molar-refractivity contribution in [2.75, 3.05) is 0 Å². The molecule has 24 heavy (non-hydrogen) atoms. The molecule has 0 fully saturated rings. The summed E-state index contributed by atoms with van der Waals surface area (Å²) in [6, 6.07) is 8.72. The van der Waals surface area contributed by atoms with Gasteiger partial charge in [-0.25, -0.2) is 0 Å². The van der Waals surface area contributed by atoms with Crippen molar-refractivity contribution < 1.29 is 0 Å². The predicted octanol–water partition coefficient (Wildman–Crippen LogP) is 2.53. The molecular weight excluding hydrogens is 298 g/mol. The molecule has 0 bridgehead atoms. The molecule has 0 amide bonds. The average Bonchev–Trinajstić information content (AvgIpc) is 3.09. The summed E-state index contributed by atoms with van der Waals surface area (Å²) in [6.45, 7) is 2.06. The first-order chi connectivity index (χ1) is 11.7. The first-order valence-electron chi connectivity index (χ1n) is 8.64. The average molecular weight is 321 g/mol. The topological polar surface area (TPSA) is 80.5 Å². The molecule has 2 aliphatic carbocycles. The molecule has 0 saturated carbocycles. The lowest BCUT2D eigenvalue weighted by molar-refractivity contribution is 0.263. The molecule has 1 aromatic carbocycles. The normalized spacial score (nSPS) is 29.6. The van der Waals surface area contributed by atoms with Gasteiger partial charge in [0.05, 0.1) is 5.41 Å². The molecule has 0 aliphatic heterocycles. The highest BCUT2D eigenvalue weighted by Crippen LogP contribution is 2.50. The van der Waals surface area contributed by atoms with Gasteiger partial charge in [0.25, 0.3) is 0 Å². The van der Waals surface area contributed by atoms with Crippen LogP contribution in [0.2, 0.25) is 0 Å². The highest BCUT2D eigenvalue weighted by atomic mass is 15.5. The molecular formula is C19H23N5. The molecule has 5 nitrogen and oxygen atoms in total. The minimum Gasteiger partial charge on any atom is -0.328 e. The SMILES string of the molecule is C[C@H](N)CC1(c2nn[nH]n2)c2ccccc2CCC2C=CC=CC21. The van der Waals surface area contributed by atoms with Gasteiger partial charge in [-0.2, -0.15) is 5.21 Å². The molecule has 3 unspecified atom stereocenters. The fraction of sp³-hybridized carbons (Fsp3) is 0.421. The summed E-state index contributed by atoms with van der Waals surface area (Å²) in [5.74, 6) is 1.50. The third-order valence-corrected chi connectivity index (χ3v) is 5.45. The van der Waals surface area contributed by atoms with Crippen LogP contribution in [0.15, 0.2) is 48.6 Å². The second-order valence-corrected chi connectivity index (χ2v) is 7.04. The lowest BCUT2D eigenvalue weighted by Gasteiger charge is -2.41. The van der Waals surface area contributed by atoms with Gasteiger partial charge in [0, 0.05) is 12.0 Å². The van der Waals surface area contributed by atoms with Crippen LogP contribution >= 0.6 is 0 Å². The number of aromatic amines is 1. The van der Waals surface area contributed by atoms with E-state index in [1.807, 2.05) is 0 Å². The number of rotatable bonds is 3. The molecule has 124 valence electrons. The fourth-order valence-corrected chi connectivity index (χ4v) is 4.60. The Morgan fingerprint density at radius 3 is 2.92 bits per heavy atom. The van der Waals surface area contributed by atoms with Gasteiger partial charge in [-0.05, 0) is 43.2 Å². The van der Waals surface area contributed by atoms with E-state index in [0.717, 1.165) is 25.1 Å².